The van der Waals surface area contributed by atoms with Crippen LogP contribution in [-0.2, 0) is 9.30 Å². The molecule has 0 heterocycles. The van der Waals surface area contributed by atoms with Gasteiger partial charge in [-0.25, -0.2) is 4.79 Å². The fraction of sp³-hybridized carbons (Fsp3) is 0.273. The van der Waals surface area contributed by atoms with Crippen LogP contribution in [0.3, 0.4) is 0 Å². The van der Waals surface area contributed by atoms with Gasteiger partial charge in [0.25, 0.3) is 0 Å². The second kappa shape index (κ2) is 15.0. The summed E-state index contributed by atoms with van der Waals surface area (Å²) in [6.45, 7) is 3.55. The Bertz CT molecular complexity index is 565. The molecule has 1 aromatic carbocycles. The number of phenols is 2. The Balaban J connectivity index is -0.000000175. The van der Waals surface area contributed by atoms with E-state index in [2.05, 4.69) is 0 Å². The molecule has 2 N–H and O–H groups in total. The van der Waals surface area contributed by atoms with Crippen molar-refractivity contribution >= 4 is 19.3 Å². The van der Waals surface area contributed by atoms with Crippen molar-refractivity contribution in [3.05, 3.63) is 23.3 Å². The Hall–Kier alpha value is 0.910. The number of phenolic OH excluding ortho intramolecular Hbond substituents is 2. The average Bonchev–Trinajstić information content (AvgIpc) is 2.26. The number of rotatable bonds is 3. The van der Waals surface area contributed by atoms with E-state index in [0.29, 0.717) is 5.56 Å². The Labute approximate surface area is 204 Å². The second-order valence-corrected chi connectivity index (χ2v) is 5.00. The summed E-state index contributed by atoms with van der Waals surface area (Å²) in [5.74, 6) is -0.920. The third-order valence-corrected chi connectivity index (χ3v) is 2.45. The van der Waals surface area contributed by atoms with Crippen LogP contribution in [-0.4, -0.2) is 28.5 Å². The van der Waals surface area contributed by atoms with E-state index in [-0.39, 0.29) is 112 Å². The Kier molecular flexibility index (Phi) is 20.4. The Morgan fingerprint density at radius 2 is 1.58 bits per heavy atom. The molecule has 0 fully saturated rings. The summed E-state index contributed by atoms with van der Waals surface area (Å²) in [6, 6.07) is 2.51. The zero-order valence-electron chi connectivity index (χ0n) is 14.1. The summed E-state index contributed by atoms with van der Waals surface area (Å²) in [5.41, 5.74) is -1.97. The van der Waals surface area contributed by atoms with Crippen LogP contribution in [0.1, 0.15) is 22.8 Å². The van der Waals surface area contributed by atoms with Gasteiger partial charge in [0.15, 0.2) is 0 Å². The number of benzene rings is 1. The molecule has 0 amide bonds. The molecule has 0 saturated heterocycles. The molecule has 118 valence electrons. The molecule has 0 atom stereocenters. The van der Waals surface area contributed by atoms with Crippen LogP contribution in [0.15, 0.2) is 12.1 Å². The number of carbonyl (C=O) groups excluding carboxylic acids is 2. The van der Waals surface area contributed by atoms with Crippen LogP contribution in [0, 0.1) is 6.92 Å². The van der Waals surface area contributed by atoms with Crippen LogP contribution in [0.4, 0.5) is 4.79 Å². The molecular weight excluding hydrogens is 376 g/mol. The fourth-order valence-corrected chi connectivity index (χ4v) is 1.22. The minimum absolute atomic E-state index is 0. The molecule has 0 bridgehead atoms. The van der Waals surface area contributed by atoms with Crippen molar-refractivity contribution in [2.75, 3.05) is 6.61 Å². The smallest absolute Gasteiger partial charge is 0.807 e. The number of esters is 1. The summed E-state index contributed by atoms with van der Waals surface area (Å²) in [4.78, 5) is 38.6. The van der Waals surface area contributed by atoms with E-state index in [9.17, 15) is 9.90 Å². The number of hydrogen-bond acceptors (Lipinski definition) is 9. The molecule has 0 radical (unpaired) electrons. The average molecular weight is 388 g/mol. The van der Waals surface area contributed by atoms with Crippen LogP contribution in [0.25, 0.3) is 0 Å². The van der Waals surface area contributed by atoms with E-state index in [1.165, 1.54) is 6.07 Å². The number of hydrogen-bond donors (Lipinski definition) is 2. The number of aryl methyl sites for hydroxylation is 1. The predicted molar refractivity (Wildman–Crippen MR) is 63.5 cm³/mol. The maximum absolute atomic E-state index is 11.3. The fourth-order valence-electron chi connectivity index (χ4n) is 1.22. The van der Waals surface area contributed by atoms with Gasteiger partial charge in [0.1, 0.15) is 17.1 Å². The molecule has 0 aromatic heterocycles. The molecule has 0 saturated carbocycles. The van der Waals surface area contributed by atoms with E-state index in [1.807, 2.05) is 0 Å². The van der Waals surface area contributed by atoms with Gasteiger partial charge in [0, 0.05) is 6.07 Å². The molecule has 1 aromatic rings. The third kappa shape index (κ3) is 12.3. The molecular formula is C11H12Na3O9P. The minimum atomic E-state index is -5.43. The molecule has 9 nitrogen and oxygen atoms in total. The summed E-state index contributed by atoms with van der Waals surface area (Å²) in [6.07, 6.45) is 0. The van der Waals surface area contributed by atoms with Crippen molar-refractivity contribution in [2.45, 2.75) is 13.8 Å². The van der Waals surface area contributed by atoms with Crippen molar-refractivity contribution in [2.24, 2.45) is 0 Å². The molecule has 0 aliphatic carbocycles. The normalized spacial score (nSPS) is 9.00. The second-order valence-electron chi connectivity index (χ2n) is 3.64. The number of carbonyl (C=O) groups is 2. The van der Waals surface area contributed by atoms with Gasteiger partial charge in [-0.05, 0) is 33.1 Å². The monoisotopic (exact) mass is 388 g/mol. The van der Waals surface area contributed by atoms with Crippen molar-refractivity contribution < 1.29 is 133 Å². The summed E-state index contributed by atoms with van der Waals surface area (Å²) in [7, 11) is -5.43. The van der Waals surface area contributed by atoms with E-state index in [4.69, 9.17) is 34.1 Å². The van der Waals surface area contributed by atoms with Gasteiger partial charge in [-0.15, -0.1) is 0 Å². The summed E-state index contributed by atoms with van der Waals surface area (Å²) < 4.78 is 13.9. The molecule has 0 aliphatic rings. The van der Waals surface area contributed by atoms with Gasteiger partial charge in [-0.1, -0.05) is 0 Å². The van der Waals surface area contributed by atoms with Gasteiger partial charge in [0.2, 0.25) is 0 Å². The largest absolute Gasteiger partial charge is 1.00 e. The van der Waals surface area contributed by atoms with E-state index in [0.717, 1.165) is 6.07 Å². The zero-order valence-corrected chi connectivity index (χ0v) is 21.0. The van der Waals surface area contributed by atoms with Crippen LogP contribution in [0.5, 0.6) is 11.5 Å². The first-order valence-electron chi connectivity index (χ1n) is 5.44. The van der Waals surface area contributed by atoms with Gasteiger partial charge in [-0.3, -0.25) is 0 Å². The van der Waals surface area contributed by atoms with Crippen molar-refractivity contribution in [3.63, 3.8) is 0 Å². The SMILES string of the molecule is CCOC(=O)c1c(C)cc(O)cc1O.O=C([O-])P(=O)([O-])[O-].[Na+].[Na+].[Na+]. The maximum Gasteiger partial charge on any atom is 1.00 e. The van der Waals surface area contributed by atoms with Gasteiger partial charge in [-0.2, -0.15) is 0 Å². The molecule has 0 spiro atoms. The van der Waals surface area contributed by atoms with Crippen LogP contribution >= 0.6 is 7.60 Å². The van der Waals surface area contributed by atoms with Gasteiger partial charge >= 0.3 is 94.6 Å². The van der Waals surface area contributed by atoms with Gasteiger partial charge in [0.05, 0.1) is 12.3 Å². The number of carboxylic acid groups (broad SMARTS) is 1. The number of aromatic hydroxyl groups is 2. The Morgan fingerprint density at radius 1 is 1.17 bits per heavy atom. The number of ether oxygens (including phenoxy) is 1. The first kappa shape index (κ1) is 32.6. The molecule has 1 rings (SSSR count). The topological polar surface area (TPSA) is 170 Å². The van der Waals surface area contributed by atoms with Crippen LogP contribution < -0.4 is 104 Å². The standard InChI is InChI=1S/C10H12O4.CH3O5P.3Na/c1-3-14-10(13)9-6(2)4-7(11)5-8(9)12;2-1(3)7(4,5)6;;;/h4-5,11-12H,3H2,1-2H3;(H,2,3)(H2,4,5,6);;;/q;;3*+1/p-3. The van der Waals surface area contributed by atoms with E-state index >= 15 is 0 Å². The van der Waals surface area contributed by atoms with Gasteiger partial charge < -0.3 is 39.2 Å². The first-order chi connectivity index (χ1) is 9.50. The Morgan fingerprint density at radius 3 is 1.88 bits per heavy atom. The molecule has 0 unspecified atom stereocenters. The minimum Gasteiger partial charge on any atom is -0.807 e. The quantitative estimate of drug-likeness (QED) is 0.290. The zero-order chi connectivity index (χ0) is 16.8. The third-order valence-electron chi connectivity index (χ3n) is 2.00. The predicted octanol–water partition coefficient (Wildman–Crippen LogP) is -10.2. The molecule has 0 aliphatic heterocycles. The first-order valence-corrected chi connectivity index (χ1v) is 6.98. The maximum atomic E-state index is 11.3. The summed E-state index contributed by atoms with van der Waals surface area (Å²) in [5, 5.41) is 27.5. The van der Waals surface area contributed by atoms with Crippen LogP contribution in [0.2, 0.25) is 0 Å². The molecule has 13 heteroatoms. The van der Waals surface area contributed by atoms with E-state index in [1.54, 1.807) is 13.8 Å². The molecule has 24 heavy (non-hydrogen) atoms. The van der Waals surface area contributed by atoms with Crippen molar-refractivity contribution in [1.29, 1.82) is 0 Å². The van der Waals surface area contributed by atoms with Crippen molar-refractivity contribution in [1.82, 2.24) is 0 Å². The van der Waals surface area contributed by atoms with Crippen molar-refractivity contribution in [3.8, 4) is 11.5 Å². The summed E-state index contributed by atoms with van der Waals surface area (Å²) >= 11 is 0. The van der Waals surface area contributed by atoms with E-state index < -0.39 is 19.3 Å².